The molecule has 0 radical (unpaired) electrons. The van der Waals surface area contributed by atoms with E-state index >= 15 is 0 Å². The number of benzene rings is 1. The van der Waals surface area contributed by atoms with Crippen molar-refractivity contribution in [3.05, 3.63) is 58.1 Å². The van der Waals surface area contributed by atoms with E-state index in [2.05, 4.69) is 5.48 Å². The molecule has 0 unspecified atom stereocenters. The fourth-order valence-electron chi connectivity index (χ4n) is 1.48. The third-order valence-corrected chi connectivity index (χ3v) is 3.85. The Morgan fingerprint density at radius 3 is 2.57 bits per heavy atom. The zero-order valence-corrected chi connectivity index (χ0v) is 12.0. The second kappa shape index (κ2) is 6.29. The van der Waals surface area contributed by atoms with Crippen molar-refractivity contribution >= 4 is 10.9 Å². The number of rotatable bonds is 5. The summed E-state index contributed by atoms with van der Waals surface area (Å²) >= 11 is 0. The Kier molecular flexibility index (Phi) is 4.66. The van der Waals surface area contributed by atoms with Crippen LogP contribution in [-0.2, 0) is 10.8 Å². The summed E-state index contributed by atoms with van der Waals surface area (Å²) in [4.78, 5) is 11.4. The Morgan fingerprint density at radius 2 is 1.95 bits per heavy atom. The van der Waals surface area contributed by atoms with Crippen molar-refractivity contribution in [2.24, 2.45) is 0 Å². The quantitative estimate of drug-likeness (QED) is 0.627. The lowest BCUT2D eigenvalue weighted by Gasteiger charge is -2.25. The summed E-state index contributed by atoms with van der Waals surface area (Å²) in [6.45, 7) is 1.80. The van der Waals surface area contributed by atoms with Gasteiger partial charge in [0, 0.05) is 6.07 Å². The van der Waals surface area contributed by atoms with Crippen LogP contribution in [0, 0.1) is 6.92 Å². The Hall–Kier alpha value is -1.84. The van der Waals surface area contributed by atoms with Crippen molar-refractivity contribution < 1.29 is 22.9 Å². The predicted molar refractivity (Wildman–Crippen MR) is 76.9 cm³/mol. The number of hydrogen-bond acceptors (Lipinski definition) is 7. The molecule has 8 heteroatoms. The highest BCUT2D eigenvalue weighted by atomic mass is 32.3. The van der Waals surface area contributed by atoms with Crippen LogP contribution in [0.25, 0.3) is 0 Å². The van der Waals surface area contributed by atoms with E-state index in [0.717, 1.165) is 17.9 Å². The maximum atomic E-state index is 11.2. The van der Waals surface area contributed by atoms with Gasteiger partial charge in [-0.05, 0) is 19.1 Å². The van der Waals surface area contributed by atoms with Gasteiger partial charge in [0.05, 0.1) is 11.4 Å². The van der Waals surface area contributed by atoms with Crippen LogP contribution in [0.15, 0.2) is 50.7 Å². The third kappa shape index (κ3) is 4.06. The average Bonchev–Trinajstić information content (AvgIpc) is 2.43. The molecule has 2 aromatic rings. The van der Waals surface area contributed by atoms with Gasteiger partial charge >= 0.3 is 0 Å². The first kappa shape index (κ1) is 15.5. The Labute approximate surface area is 122 Å². The van der Waals surface area contributed by atoms with E-state index in [-0.39, 0.29) is 17.2 Å². The molecule has 21 heavy (non-hydrogen) atoms. The molecule has 0 saturated heterocycles. The molecule has 114 valence electrons. The van der Waals surface area contributed by atoms with Gasteiger partial charge < -0.3 is 18.6 Å². The van der Waals surface area contributed by atoms with Gasteiger partial charge in [-0.2, -0.15) is 9.76 Å². The lowest BCUT2D eigenvalue weighted by molar-refractivity contribution is 0.158. The largest absolute Gasteiger partial charge is 0.502 e. The monoisotopic (exact) mass is 313 g/mol. The van der Waals surface area contributed by atoms with Crippen molar-refractivity contribution in [3.63, 3.8) is 0 Å². The standard InChI is InChI=1S/C13H15NO6S/c1-9-2-4-11(5-3-9)21(17,18)20-14-7-10-6-12(15)13(16)8-19-10/h2-6,8,14,16-18H,7H2,1H3. The first-order valence-electron chi connectivity index (χ1n) is 5.95. The van der Waals surface area contributed by atoms with Gasteiger partial charge in [0.1, 0.15) is 22.9 Å². The van der Waals surface area contributed by atoms with Gasteiger partial charge in [-0.3, -0.25) is 4.79 Å². The van der Waals surface area contributed by atoms with Crippen molar-refractivity contribution in [1.82, 2.24) is 5.48 Å². The SMILES string of the molecule is Cc1ccc(S(O)(O)ONCc2cc(=O)c(O)co2)cc1. The summed E-state index contributed by atoms with van der Waals surface area (Å²) in [6.07, 6.45) is 0.900. The molecule has 0 spiro atoms. The number of nitrogens with one attached hydrogen (secondary N) is 1. The zero-order chi connectivity index (χ0) is 15.5. The molecule has 0 fully saturated rings. The van der Waals surface area contributed by atoms with Gasteiger partial charge in [0.25, 0.3) is 0 Å². The number of aromatic hydroxyl groups is 1. The van der Waals surface area contributed by atoms with Crippen molar-refractivity contribution in [1.29, 1.82) is 0 Å². The van der Waals surface area contributed by atoms with Crippen LogP contribution >= 0.6 is 10.9 Å². The van der Waals surface area contributed by atoms with Gasteiger partial charge in [-0.15, -0.1) is 0 Å². The van der Waals surface area contributed by atoms with Crippen LogP contribution < -0.4 is 10.9 Å². The van der Waals surface area contributed by atoms with Gasteiger partial charge in [0.2, 0.25) is 5.43 Å². The molecule has 2 rings (SSSR count). The highest BCUT2D eigenvalue weighted by Crippen LogP contribution is 2.47. The molecule has 7 nitrogen and oxygen atoms in total. The summed E-state index contributed by atoms with van der Waals surface area (Å²) in [6, 6.07) is 7.63. The van der Waals surface area contributed by atoms with E-state index < -0.39 is 22.0 Å². The molecule has 1 aromatic heterocycles. The van der Waals surface area contributed by atoms with E-state index in [4.69, 9.17) is 13.8 Å². The minimum absolute atomic E-state index is 0.0722. The Morgan fingerprint density at radius 1 is 1.29 bits per heavy atom. The van der Waals surface area contributed by atoms with Gasteiger partial charge in [-0.1, -0.05) is 17.7 Å². The second-order valence-electron chi connectivity index (χ2n) is 4.31. The van der Waals surface area contributed by atoms with Crippen molar-refractivity contribution in [2.75, 3.05) is 0 Å². The van der Waals surface area contributed by atoms with Crippen LogP contribution in [-0.4, -0.2) is 14.2 Å². The van der Waals surface area contributed by atoms with Crippen LogP contribution in [0.4, 0.5) is 0 Å². The average molecular weight is 313 g/mol. The van der Waals surface area contributed by atoms with E-state index in [9.17, 15) is 13.9 Å². The first-order chi connectivity index (χ1) is 9.88. The first-order valence-corrected chi connectivity index (χ1v) is 7.42. The van der Waals surface area contributed by atoms with E-state index in [1.165, 1.54) is 0 Å². The number of hydroxylamine groups is 1. The Balaban J connectivity index is 1.96. The molecule has 0 aliphatic rings. The molecule has 1 aromatic carbocycles. The van der Waals surface area contributed by atoms with E-state index in [1.54, 1.807) is 24.3 Å². The van der Waals surface area contributed by atoms with Gasteiger partial charge in [-0.25, -0.2) is 0 Å². The summed E-state index contributed by atoms with van der Waals surface area (Å²) < 4.78 is 29.5. The van der Waals surface area contributed by atoms with Crippen LogP contribution in [0.1, 0.15) is 11.3 Å². The maximum absolute atomic E-state index is 11.2. The molecule has 1 heterocycles. The smallest absolute Gasteiger partial charge is 0.226 e. The fourth-order valence-corrected chi connectivity index (χ4v) is 2.29. The lowest BCUT2D eigenvalue weighted by atomic mass is 10.2. The number of hydrogen-bond donors (Lipinski definition) is 4. The molecule has 0 amide bonds. The third-order valence-electron chi connectivity index (χ3n) is 2.62. The van der Waals surface area contributed by atoms with Crippen molar-refractivity contribution in [3.8, 4) is 5.75 Å². The van der Waals surface area contributed by atoms with Gasteiger partial charge in [0.15, 0.2) is 5.75 Å². The summed E-state index contributed by atoms with van der Waals surface area (Å²) in [7, 11) is -3.45. The molecule has 0 bridgehead atoms. The molecular weight excluding hydrogens is 298 g/mol. The van der Waals surface area contributed by atoms with E-state index in [0.29, 0.717) is 0 Å². The van der Waals surface area contributed by atoms with Crippen LogP contribution in [0.2, 0.25) is 0 Å². The molecule has 0 aliphatic carbocycles. The summed E-state index contributed by atoms with van der Waals surface area (Å²) in [5, 5.41) is 9.04. The second-order valence-corrected chi connectivity index (χ2v) is 5.94. The summed E-state index contributed by atoms with van der Waals surface area (Å²) in [5.41, 5.74) is 2.71. The predicted octanol–water partition coefficient (Wildman–Crippen LogP) is 2.40. The summed E-state index contributed by atoms with van der Waals surface area (Å²) in [5.74, 6) is -0.319. The van der Waals surface area contributed by atoms with Crippen LogP contribution in [0.5, 0.6) is 5.75 Å². The van der Waals surface area contributed by atoms with Crippen LogP contribution in [0.3, 0.4) is 0 Å². The van der Waals surface area contributed by atoms with E-state index in [1.807, 2.05) is 6.92 Å². The molecule has 4 N–H and O–H groups in total. The maximum Gasteiger partial charge on any atom is 0.226 e. The molecule has 0 atom stereocenters. The highest BCUT2D eigenvalue weighted by molar-refractivity contribution is 8.20. The fraction of sp³-hybridized carbons (Fsp3) is 0.154. The zero-order valence-electron chi connectivity index (χ0n) is 11.1. The minimum Gasteiger partial charge on any atom is -0.502 e. The highest BCUT2D eigenvalue weighted by Gasteiger charge is 2.21. The van der Waals surface area contributed by atoms with Crippen molar-refractivity contribution in [2.45, 2.75) is 18.4 Å². The number of aryl methyl sites for hydroxylation is 1. The topological polar surface area (TPSA) is 112 Å². The molecule has 0 aliphatic heterocycles. The normalized spacial score (nSPS) is 12.3. The minimum atomic E-state index is -3.45. The lowest BCUT2D eigenvalue weighted by Crippen LogP contribution is -2.18. The Bertz CT molecular complexity index is 667. The molecule has 0 saturated carbocycles. The molecular formula is C13H15NO6S.